The molecule has 0 saturated heterocycles. The number of aliphatic hydroxyl groups is 1. The van der Waals surface area contributed by atoms with E-state index < -0.39 is 5.54 Å². The highest BCUT2D eigenvalue weighted by molar-refractivity contribution is 5.43. The molecule has 4 nitrogen and oxygen atoms in total. The van der Waals surface area contributed by atoms with Crippen LogP contribution < -0.4 is 10.1 Å². The van der Waals surface area contributed by atoms with E-state index >= 15 is 0 Å². The Labute approximate surface area is 113 Å². The van der Waals surface area contributed by atoms with E-state index in [0.717, 1.165) is 5.56 Å². The van der Waals surface area contributed by atoms with Gasteiger partial charge in [0.25, 0.3) is 0 Å². The first-order valence-electron chi connectivity index (χ1n) is 6.13. The number of benzene rings is 1. The van der Waals surface area contributed by atoms with Crippen molar-refractivity contribution in [1.82, 2.24) is 4.98 Å². The van der Waals surface area contributed by atoms with Crippen LogP contribution in [0.1, 0.15) is 12.5 Å². The van der Waals surface area contributed by atoms with Crippen molar-refractivity contribution in [1.29, 1.82) is 0 Å². The second-order valence-corrected chi connectivity index (χ2v) is 4.55. The van der Waals surface area contributed by atoms with Crippen molar-refractivity contribution in [2.45, 2.75) is 12.5 Å². The third-order valence-corrected chi connectivity index (χ3v) is 3.06. The van der Waals surface area contributed by atoms with Crippen LogP contribution in [-0.2, 0) is 5.54 Å². The molecule has 1 aromatic heterocycles. The second kappa shape index (κ2) is 5.71. The first kappa shape index (κ1) is 13.4. The number of ether oxygens (including phenoxy) is 1. The van der Waals surface area contributed by atoms with Gasteiger partial charge in [0.05, 0.1) is 19.3 Å². The molecule has 19 heavy (non-hydrogen) atoms. The number of nitrogens with zero attached hydrogens (tertiary/aromatic N) is 1. The Morgan fingerprint density at radius 2 is 1.89 bits per heavy atom. The quantitative estimate of drug-likeness (QED) is 0.864. The molecule has 2 aromatic rings. The predicted octanol–water partition coefficient (Wildman–Crippen LogP) is 2.41. The van der Waals surface area contributed by atoms with Crippen LogP contribution in [-0.4, -0.2) is 23.8 Å². The number of anilines is 1. The van der Waals surface area contributed by atoms with Gasteiger partial charge in [-0.05, 0) is 18.6 Å². The van der Waals surface area contributed by atoms with E-state index in [1.807, 2.05) is 49.4 Å². The highest BCUT2D eigenvalue weighted by atomic mass is 16.5. The maximum absolute atomic E-state index is 9.71. The molecule has 0 fully saturated rings. The maximum atomic E-state index is 9.71. The smallest absolute Gasteiger partial charge is 0.214 e. The molecule has 0 amide bonds. The van der Waals surface area contributed by atoms with Gasteiger partial charge in [-0.2, -0.15) is 4.98 Å². The Bertz CT molecular complexity index is 531. The summed E-state index contributed by atoms with van der Waals surface area (Å²) in [5, 5.41) is 13.0. The topological polar surface area (TPSA) is 54.4 Å². The molecule has 0 bridgehead atoms. The monoisotopic (exact) mass is 258 g/mol. The zero-order valence-corrected chi connectivity index (χ0v) is 11.1. The van der Waals surface area contributed by atoms with Crippen LogP contribution in [0.2, 0.25) is 0 Å². The van der Waals surface area contributed by atoms with Gasteiger partial charge in [-0.25, -0.2) is 0 Å². The predicted molar refractivity (Wildman–Crippen MR) is 75.3 cm³/mol. The third kappa shape index (κ3) is 3.03. The number of hydrogen-bond acceptors (Lipinski definition) is 4. The third-order valence-electron chi connectivity index (χ3n) is 3.06. The number of hydrogen-bond donors (Lipinski definition) is 2. The van der Waals surface area contributed by atoms with Gasteiger partial charge in [0.1, 0.15) is 5.82 Å². The molecular weight excluding hydrogens is 240 g/mol. The summed E-state index contributed by atoms with van der Waals surface area (Å²) in [6, 6.07) is 15.3. The summed E-state index contributed by atoms with van der Waals surface area (Å²) < 4.78 is 5.10. The molecule has 1 unspecified atom stereocenters. The highest BCUT2D eigenvalue weighted by Crippen LogP contribution is 2.25. The van der Waals surface area contributed by atoms with Crippen LogP contribution in [0.25, 0.3) is 0 Å². The van der Waals surface area contributed by atoms with Crippen molar-refractivity contribution >= 4 is 5.82 Å². The van der Waals surface area contributed by atoms with Crippen LogP contribution in [0.15, 0.2) is 48.5 Å². The Kier molecular flexibility index (Phi) is 4.02. The summed E-state index contributed by atoms with van der Waals surface area (Å²) in [4.78, 5) is 4.31. The molecule has 0 spiro atoms. The van der Waals surface area contributed by atoms with E-state index in [9.17, 15) is 5.11 Å². The average molecular weight is 258 g/mol. The fraction of sp³-hybridized carbons (Fsp3) is 0.267. The summed E-state index contributed by atoms with van der Waals surface area (Å²) in [6.45, 7) is 1.90. The molecule has 1 aromatic carbocycles. The van der Waals surface area contributed by atoms with Crippen molar-refractivity contribution in [3.05, 3.63) is 54.1 Å². The van der Waals surface area contributed by atoms with Gasteiger partial charge in [0.15, 0.2) is 0 Å². The lowest BCUT2D eigenvalue weighted by Crippen LogP contribution is -2.36. The second-order valence-electron chi connectivity index (χ2n) is 4.55. The molecular formula is C15H18N2O2. The van der Waals surface area contributed by atoms with Crippen molar-refractivity contribution in [3.63, 3.8) is 0 Å². The molecule has 2 N–H and O–H groups in total. The number of nitrogens with one attached hydrogen (secondary N) is 1. The van der Waals surface area contributed by atoms with Gasteiger partial charge < -0.3 is 15.2 Å². The molecule has 0 saturated carbocycles. The van der Waals surface area contributed by atoms with Crippen molar-refractivity contribution < 1.29 is 9.84 Å². The van der Waals surface area contributed by atoms with E-state index in [2.05, 4.69) is 10.3 Å². The minimum atomic E-state index is -0.583. The van der Waals surface area contributed by atoms with Crippen LogP contribution >= 0.6 is 0 Å². The molecule has 0 aliphatic heterocycles. The summed E-state index contributed by atoms with van der Waals surface area (Å²) in [6.07, 6.45) is 0. The van der Waals surface area contributed by atoms with E-state index in [4.69, 9.17) is 4.74 Å². The van der Waals surface area contributed by atoms with Crippen LogP contribution in [0.4, 0.5) is 5.82 Å². The van der Waals surface area contributed by atoms with E-state index in [0.29, 0.717) is 11.7 Å². The average Bonchev–Trinajstić information content (AvgIpc) is 2.48. The van der Waals surface area contributed by atoms with E-state index in [-0.39, 0.29) is 6.61 Å². The number of methoxy groups -OCH3 is 1. The van der Waals surface area contributed by atoms with Crippen molar-refractivity contribution in [2.24, 2.45) is 0 Å². The maximum Gasteiger partial charge on any atom is 0.214 e. The molecule has 0 radical (unpaired) electrons. The van der Waals surface area contributed by atoms with Crippen molar-refractivity contribution in [3.8, 4) is 5.88 Å². The highest BCUT2D eigenvalue weighted by Gasteiger charge is 2.25. The largest absolute Gasteiger partial charge is 0.481 e. The minimum Gasteiger partial charge on any atom is -0.481 e. The van der Waals surface area contributed by atoms with Gasteiger partial charge >= 0.3 is 0 Å². The van der Waals surface area contributed by atoms with E-state index in [1.54, 1.807) is 13.2 Å². The number of aromatic nitrogens is 1. The molecule has 100 valence electrons. The van der Waals surface area contributed by atoms with Gasteiger partial charge in [0, 0.05) is 6.07 Å². The summed E-state index contributed by atoms with van der Waals surface area (Å²) in [5.74, 6) is 1.21. The van der Waals surface area contributed by atoms with Crippen LogP contribution in [0.3, 0.4) is 0 Å². The number of rotatable bonds is 5. The zero-order chi connectivity index (χ0) is 13.7. The van der Waals surface area contributed by atoms with Crippen LogP contribution in [0.5, 0.6) is 5.88 Å². The normalized spacial score (nSPS) is 13.6. The number of pyridine rings is 1. The molecule has 0 aliphatic carbocycles. The summed E-state index contributed by atoms with van der Waals surface area (Å²) in [7, 11) is 1.58. The first-order valence-corrected chi connectivity index (χ1v) is 6.13. The Morgan fingerprint density at radius 3 is 2.53 bits per heavy atom. The van der Waals surface area contributed by atoms with Gasteiger partial charge in [-0.1, -0.05) is 36.4 Å². The Morgan fingerprint density at radius 1 is 1.16 bits per heavy atom. The van der Waals surface area contributed by atoms with E-state index in [1.165, 1.54) is 0 Å². The zero-order valence-electron chi connectivity index (χ0n) is 11.1. The summed E-state index contributed by atoms with van der Waals surface area (Å²) in [5.41, 5.74) is 0.419. The lowest BCUT2D eigenvalue weighted by atomic mass is 9.93. The van der Waals surface area contributed by atoms with Gasteiger partial charge in [0.2, 0.25) is 5.88 Å². The van der Waals surface area contributed by atoms with Gasteiger partial charge in [-0.3, -0.25) is 0 Å². The minimum absolute atomic E-state index is 0.0318. The standard InChI is InChI=1S/C15H18N2O2/c1-15(11-18,12-7-4-3-5-8-12)17-13-9-6-10-14(16-13)19-2/h3-10,18H,11H2,1-2H3,(H,16,17). The fourth-order valence-electron chi connectivity index (χ4n) is 1.89. The number of aliphatic hydroxyl groups excluding tert-OH is 1. The lowest BCUT2D eigenvalue weighted by Gasteiger charge is -2.30. The lowest BCUT2D eigenvalue weighted by molar-refractivity contribution is 0.223. The molecule has 0 aliphatic rings. The molecule has 1 atom stereocenters. The summed E-state index contributed by atoms with van der Waals surface area (Å²) >= 11 is 0. The van der Waals surface area contributed by atoms with Gasteiger partial charge in [-0.15, -0.1) is 0 Å². The Balaban J connectivity index is 2.27. The Hall–Kier alpha value is -2.07. The first-order chi connectivity index (χ1) is 9.18. The molecule has 4 heteroatoms. The SMILES string of the molecule is COc1cccc(NC(C)(CO)c2ccccc2)n1. The van der Waals surface area contributed by atoms with Crippen LogP contribution in [0, 0.1) is 0 Å². The molecule has 1 heterocycles. The van der Waals surface area contributed by atoms with Crippen molar-refractivity contribution in [2.75, 3.05) is 19.0 Å². The fourth-order valence-corrected chi connectivity index (χ4v) is 1.89. The molecule has 2 rings (SSSR count).